The second kappa shape index (κ2) is 3.21. The summed E-state index contributed by atoms with van der Waals surface area (Å²) >= 11 is 0. The van der Waals surface area contributed by atoms with Crippen LogP contribution in [0.2, 0.25) is 0 Å². The van der Waals surface area contributed by atoms with Crippen molar-refractivity contribution in [3.8, 4) is 0 Å². The molecule has 4 heteroatoms. The van der Waals surface area contributed by atoms with Crippen LogP contribution in [0.5, 0.6) is 0 Å². The molecule has 12 heavy (non-hydrogen) atoms. The highest BCUT2D eigenvalue weighted by atomic mass is 19.3. The van der Waals surface area contributed by atoms with Crippen molar-refractivity contribution in [3.05, 3.63) is 17.3 Å². The molecule has 2 nitrogen and oxygen atoms in total. The average Bonchev–Trinajstić information content (AvgIpc) is 2.30. The lowest BCUT2D eigenvalue weighted by atomic mass is 10.2. The normalized spacial score (nSPS) is 11.6. The molecule has 1 aromatic rings. The number of aryl methyl sites for hydroxylation is 1. The van der Waals surface area contributed by atoms with Gasteiger partial charge in [0.25, 0.3) is 6.43 Å². The van der Waals surface area contributed by atoms with Crippen molar-refractivity contribution in [3.63, 3.8) is 0 Å². The van der Waals surface area contributed by atoms with E-state index in [1.807, 2.05) is 13.8 Å². The number of alkyl halides is 2. The molecule has 0 aliphatic heterocycles. The monoisotopic (exact) mass is 175 g/mol. The van der Waals surface area contributed by atoms with Crippen molar-refractivity contribution in [2.75, 3.05) is 0 Å². The molecule has 0 radical (unpaired) electrons. The third kappa shape index (κ3) is 1.62. The van der Waals surface area contributed by atoms with Crippen LogP contribution < -0.4 is 0 Å². The summed E-state index contributed by atoms with van der Waals surface area (Å²) in [6.07, 6.45) is -2.54. The summed E-state index contributed by atoms with van der Waals surface area (Å²) in [5.41, 5.74) is -0.237. The van der Waals surface area contributed by atoms with E-state index >= 15 is 0 Å². The van der Waals surface area contributed by atoms with Gasteiger partial charge in [-0.2, -0.15) is 0 Å². The van der Waals surface area contributed by atoms with Gasteiger partial charge in [-0.3, -0.25) is 0 Å². The molecule has 0 saturated carbocycles. The number of halogens is 2. The van der Waals surface area contributed by atoms with Gasteiger partial charge in [-0.15, -0.1) is 0 Å². The lowest BCUT2D eigenvalue weighted by Crippen LogP contribution is -1.89. The number of oxazole rings is 1. The quantitative estimate of drug-likeness (QED) is 0.690. The summed E-state index contributed by atoms with van der Waals surface area (Å²) in [5, 5.41) is 0. The zero-order chi connectivity index (χ0) is 9.30. The molecule has 0 aromatic carbocycles. The van der Waals surface area contributed by atoms with E-state index in [-0.39, 0.29) is 17.4 Å². The van der Waals surface area contributed by atoms with Crippen molar-refractivity contribution in [1.82, 2.24) is 4.98 Å². The third-order valence-electron chi connectivity index (χ3n) is 1.55. The maximum atomic E-state index is 12.2. The fraction of sp³-hybridized carbons (Fsp3) is 0.625. The van der Waals surface area contributed by atoms with Gasteiger partial charge in [-0.05, 0) is 6.92 Å². The molecule has 0 spiro atoms. The van der Waals surface area contributed by atoms with E-state index in [4.69, 9.17) is 4.42 Å². The molecule has 0 aliphatic carbocycles. The summed E-state index contributed by atoms with van der Waals surface area (Å²) < 4.78 is 29.4. The van der Waals surface area contributed by atoms with Crippen LogP contribution in [0.15, 0.2) is 4.42 Å². The first kappa shape index (κ1) is 9.16. The van der Waals surface area contributed by atoms with Gasteiger partial charge < -0.3 is 4.42 Å². The molecule has 0 amide bonds. The molecule has 0 bridgehead atoms. The van der Waals surface area contributed by atoms with E-state index < -0.39 is 6.43 Å². The van der Waals surface area contributed by atoms with E-state index in [1.165, 1.54) is 6.92 Å². The largest absolute Gasteiger partial charge is 0.445 e. The molecular weight excluding hydrogens is 164 g/mol. The minimum atomic E-state index is -2.54. The van der Waals surface area contributed by atoms with Crippen molar-refractivity contribution < 1.29 is 13.2 Å². The number of hydrogen-bond donors (Lipinski definition) is 0. The summed E-state index contributed by atoms with van der Waals surface area (Å²) in [5.74, 6) is 0.646. The Labute approximate surface area is 69.6 Å². The molecule has 1 aromatic heterocycles. The third-order valence-corrected chi connectivity index (χ3v) is 1.55. The second-order valence-corrected chi connectivity index (χ2v) is 2.95. The van der Waals surface area contributed by atoms with Gasteiger partial charge in [0.1, 0.15) is 11.5 Å². The Bertz CT molecular complexity index is 268. The Hall–Kier alpha value is -0.930. The van der Waals surface area contributed by atoms with Crippen LogP contribution in [-0.2, 0) is 0 Å². The topological polar surface area (TPSA) is 26.0 Å². The molecule has 0 aliphatic rings. The number of aromatic nitrogens is 1. The van der Waals surface area contributed by atoms with Gasteiger partial charge in [0.05, 0.1) is 0 Å². The summed E-state index contributed by atoms with van der Waals surface area (Å²) in [6.45, 7) is 5.20. The lowest BCUT2D eigenvalue weighted by Gasteiger charge is -1.94. The molecule has 1 heterocycles. The maximum Gasteiger partial charge on any atom is 0.283 e. The minimum Gasteiger partial charge on any atom is -0.445 e. The summed E-state index contributed by atoms with van der Waals surface area (Å²) in [4.78, 5) is 3.69. The molecule has 0 saturated heterocycles. The van der Waals surface area contributed by atoms with Gasteiger partial charge in [0, 0.05) is 5.92 Å². The van der Waals surface area contributed by atoms with Crippen LogP contribution in [0.3, 0.4) is 0 Å². The standard InChI is InChI=1S/C8H11F2NO/c1-4(2)8-11-6(7(9)10)5(3)12-8/h4,7H,1-3H3. The fourth-order valence-corrected chi connectivity index (χ4v) is 0.879. The zero-order valence-electron chi connectivity index (χ0n) is 7.27. The van der Waals surface area contributed by atoms with Crippen molar-refractivity contribution in [1.29, 1.82) is 0 Å². The molecule has 0 N–H and O–H groups in total. The van der Waals surface area contributed by atoms with E-state index in [2.05, 4.69) is 4.98 Å². The lowest BCUT2D eigenvalue weighted by molar-refractivity contribution is 0.145. The van der Waals surface area contributed by atoms with Gasteiger partial charge >= 0.3 is 0 Å². The van der Waals surface area contributed by atoms with Gasteiger partial charge in [0.15, 0.2) is 5.89 Å². The highest BCUT2D eigenvalue weighted by Crippen LogP contribution is 2.25. The predicted molar refractivity (Wildman–Crippen MR) is 40.3 cm³/mol. The van der Waals surface area contributed by atoms with Crippen molar-refractivity contribution in [2.45, 2.75) is 33.1 Å². The van der Waals surface area contributed by atoms with Crippen molar-refractivity contribution in [2.24, 2.45) is 0 Å². The molecule has 0 atom stereocenters. The van der Waals surface area contributed by atoms with Gasteiger partial charge in [-0.1, -0.05) is 13.8 Å². The Morgan fingerprint density at radius 3 is 2.17 bits per heavy atom. The van der Waals surface area contributed by atoms with Crippen LogP contribution in [-0.4, -0.2) is 4.98 Å². The first-order valence-electron chi connectivity index (χ1n) is 3.77. The average molecular weight is 175 g/mol. The van der Waals surface area contributed by atoms with Crippen molar-refractivity contribution >= 4 is 0 Å². The summed E-state index contributed by atoms with van der Waals surface area (Å²) in [6, 6.07) is 0. The van der Waals surface area contributed by atoms with Gasteiger partial charge in [-0.25, -0.2) is 13.8 Å². The van der Waals surface area contributed by atoms with Gasteiger partial charge in [0.2, 0.25) is 0 Å². The molecule has 0 fully saturated rings. The molecule has 1 rings (SSSR count). The molecule has 68 valence electrons. The molecular formula is C8H11F2NO. The Kier molecular flexibility index (Phi) is 2.45. The highest BCUT2D eigenvalue weighted by molar-refractivity contribution is 5.10. The number of hydrogen-bond acceptors (Lipinski definition) is 2. The first-order valence-corrected chi connectivity index (χ1v) is 3.77. The van der Waals surface area contributed by atoms with Crippen LogP contribution >= 0.6 is 0 Å². The van der Waals surface area contributed by atoms with Crippen LogP contribution in [0.1, 0.15) is 43.5 Å². The van der Waals surface area contributed by atoms with Crippen LogP contribution in [0.4, 0.5) is 8.78 Å². The van der Waals surface area contributed by atoms with E-state index in [0.717, 1.165) is 0 Å². The Morgan fingerprint density at radius 1 is 1.33 bits per heavy atom. The predicted octanol–water partition coefficient (Wildman–Crippen LogP) is 3.04. The number of nitrogens with zero attached hydrogens (tertiary/aromatic N) is 1. The van der Waals surface area contributed by atoms with Crippen LogP contribution in [0, 0.1) is 6.92 Å². The Morgan fingerprint density at radius 2 is 1.92 bits per heavy atom. The smallest absolute Gasteiger partial charge is 0.283 e. The Balaban J connectivity index is 3.00. The van der Waals surface area contributed by atoms with E-state index in [0.29, 0.717) is 5.89 Å². The summed E-state index contributed by atoms with van der Waals surface area (Å²) in [7, 11) is 0. The van der Waals surface area contributed by atoms with E-state index in [9.17, 15) is 8.78 Å². The maximum absolute atomic E-state index is 12.2. The number of rotatable bonds is 2. The highest BCUT2D eigenvalue weighted by Gasteiger charge is 2.19. The minimum absolute atomic E-state index is 0.0520. The molecule has 0 unspecified atom stereocenters. The first-order chi connectivity index (χ1) is 5.52. The van der Waals surface area contributed by atoms with Crippen LogP contribution in [0.25, 0.3) is 0 Å². The second-order valence-electron chi connectivity index (χ2n) is 2.95. The van der Waals surface area contributed by atoms with E-state index in [1.54, 1.807) is 0 Å². The zero-order valence-corrected chi connectivity index (χ0v) is 7.27. The SMILES string of the molecule is Cc1oc(C(C)C)nc1C(F)F. The fourth-order valence-electron chi connectivity index (χ4n) is 0.879.